The van der Waals surface area contributed by atoms with Gasteiger partial charge in [0.1, 0.15) is 16.5 Å². The third kappa shape index (κ3) is 4.39. The highest BCUT2D eigenvalue weighted by atomic mass is 32.2. The normalized spacial score (nSPS) is 11.9. The molecule has 0 bridgehead atoms. The highest BCUT2D eigenvalue weighted by molar-refractivity contribution is 8.04. The van der Waals surface area contributed by atoms with E-state index in [1.807, 2.05) is 38.1 Å². The van der Waals surface area contributed by atoms with E-state index < -0.39 is 5.97 Å². The minimum absolute atomic E-state index is 0.134. The Morgan fingerprint density at radius 2 is 1.97 bits per heavy atom. The first-order chi connectivity index (χ1) is 15.0. The molecule has 0 spiro atoms. The predicted octanol–water partition coefficient (Wildman–Crippen LogP) is 5.04. The Bertz CT molecular complexity index is 1270. The number of aromatic nitrogens is 4. The van der Waals surface area contributed by atoms with Crippen LogP contribution in [0.15, 0.2) is 58.6 Å². The van der Waals surface area contributed by atoms with Gasteiger partial charge in [-0.3, -0.25) is 5.10 Å². The van der Waals surface area contributed by atoms with Gasteiger partial charge in [-0.05, 0) is 48.5 Å². The van der Waals surface area contributed by atoms with Gasteiger partial charge in [0, 0.05) is 35.1 Å². The lowest BCUT2D eigenvalue weighted by Crippen LogP contribution is -2.02. The fourth-order valence-corrected chi connectivity index (χ4v) is 4.17. The van der Waals surface area contributed by atoms with Gasteiger partial charge >= 0.3 is 5.97 Å². The van der Waals surface area contributed by atoms with Crippen molar-refractivity contribution in [2.24, 2.45) is 0 Å². The van der Waals surface area contributed by atoms with E-state index in [4.69, 9.17) is 0 Å². The zero-order chi connectivity index (χ0) is 22.0. The number of aromatic amines is 1. The largest absolute Gasteiger partial charge is 0.477 e. The number of thioether (sulfide) groups is 1. The molecular formula is C23H21FN4O2S. The van der Waals surface area contributed by atoms with Crippen molar-refractivity contribution in [3.63, 3.8) is 0 Å². The van der Waals surface area contributed by atoms with Gasteiger partial charge in [-0.25, -0.2) is 14.2 Å². The van der Waals surface area contributed by atoms with Crippen LogP contribution in [0.4, 0.5) is 4.39 Å². The molecule has 0 aliphatic rings. The van der Waals surface area contributed by atoms with Crippen LogP contribution in [0.25, 0.3) is 17.0 Å². The van der Waals surface area contributed by atoms with Gasteiger partial charge < -0.3 is 9.67 Å². The molecule has 2 aromatic carbocycles. The number of carbonyl (C=O) groups is 1. The van der Waals surface area contributed by atoms with Gasteiger partial charge in [0.15, 0.2) is 0 Å². The summed E-state index contributed by atoms with van der Waals surface area (Å²) in [5.41, 5.74) is 3.70. The number of halogens is 1. The number of rotatable bonds is 7. The lowest BCUT2D eigenvalue weighted by molar-refractivity contribution is -0.131. The molecule has 0 radical (unpaired) electrons. The third-order valence-corrected chi connectivity index (χ3v) is 5.94. The van der Waals surface area contributed by atoms with E-state index in [2.05, 4.69) is 19.7 Å². The standard InChI is InChI=1S/C23H21FN4O2S/c1-3-21-25-23(27-26-21)31-20(22(29)30)12-18-14(2)28(19-7-5-4-6-17(18)19)13-15-8-10-16(24)11-9-15/h4-12H,3,13H2,1-2H3,(H,29,30)(H,25,26,27)/b20-12-. The van der Waals surface area contributed by atoms with Crippen LogP contribution >= 0.6 is 11.8 Å². The molecule has 0 aliphatic carbocycles. The first kappa shape index (κ1) is 20.9. The van der Waals surface area contributed by atoms with Crippen molar-refractivity contribution >= 4 is 34.7 Å². The number of hydrogen-bond donors (Lipinski definition) is 2. The van der Waals surface area contributed by atoms with Gasteiger partial charge in [0.2, 0.25) is 5.16 Å². The molecule has 2 heterocycles. The number of aliphatic carboxylic acids is 1. The summed E-state index contributed by atoms with van der Waals surface area (Å²) in [5, 5.41) is 18.0. The average Bonchev–Trinajstić information content (AvgIpc) is 3.33. The van der Waals surface area contributed by atoms with Gasteiger partial charge in [0.05, 0.1) is 0 Å². The molecule has 4 rings (SSSR count). The first-order valence-corrected chi connectivity index (χ1v) is 10.6. The first-order valence-electron chi connectivity index (χ1n) is 9.82. The molecule has 0 aliphatic heterocycles. The number of H-pyrrole nitrogens is 1. The van der Waals surface area contributed by atoms with Crippen molar-refractivity contribution in [1.82, 2.24) is 19.7 Å². The van der Waals surface area contributed by atoms with Crippen LogP contribution in [-0.2, 0) is 17.8 Å². The molecule has 0 fully saturated rings. The Morgan fingerprint density at radius 3 is 2.65 bits per heavy atom. The number of hydrogen-bond acceptors (Lipinski definition) is 4. The van der Waals surface area contributed by atoms with E-state index in [0.717, 1.165) is 39.5 Å². The number of para-hydroxylation sites is 1. The maximum Gasteiger partial charge on any atom is 0.342 e. The molecule has 0 saturated heterocycles. The molecule has 0 unspecified atom stereocenters. The van der Waals surface area contributed by atoms with Gasteiger partial charge in [-0.2, -0.15) is 0 Å². The summed E-state index contributed by atoms with van der Waals surface area (Å²) < 4.78 is 15.4. The Balaban J connectivity index is 1.77. The highest BCUT2D eigenvalue weighted by Crippen LogP contribution is 2.32. The lowest BCUT2D eigenvalue weighted by atomic mass is 10.1. The topological polar surface area (TPSA) is 83.8 Å². The molecule has 158 valence electrons. The number of carboxylic acid groups (broad SMARTS) is 1. The number of benzene rings is 2. The van der Waals surface area contributed by atoms with E-state index in [9.17, 15) is 14.3 Å². The van der Waals surface area contributed by atoms with Crippen molar-refractivity contribution in [2.75, 3.05) is 0 Å². The van der Waals surface area contributed by atoms with Crippen LogP contribution < -0.4 is 0 Å². The fourth-order valence-electron chi connectivity index (χ4n) is 3.46. The zero-order valence-corrected chi connectivity index (χ0v) is 17.9. The third-order valence-electron chi connectivity index (χ3n) is 5.07. The monoisotopic (exact) mass is 436 g/mol. The summed E-state index contributed by atoms with van der Waals surface area (Å²) >= 11 is 1.02. The molecule has 8 heteroatoms. The van der Waals surface area contributed by atoms with E-state index in [0.29, 0.717) is 23.9 Å². The summed E-state index contributed by atoms with van der Waals surface area (Å²) in [6.45, 7) is 4.46. The number of nitrogens with zero attached hydrogens (tertiary/aromatic N) is 3. The van der Waals surface area contributed by atoms with Crippen LogP contribution in [0.3, 0.4) is 0 Å². The lowest BCUT2D eigenvalue weighted by Gasteiger charge is -2.09. The Morgan fingerprint density at radius 1 is 1.23 bits per heavy atom. The van der Waals surface area contributed by atoms with E-state index in [1.54, 1.807) is 18.2 Å². The summed E-state index contributed by atoms with van der Waals surface area (Å²) in [7, 11) is 0. The van der Waals surface area contributed by atoms with Crippen molar-refractivity contribution < 1.29 is 14.3 Å². The number of nitrogens with one attached hydrogen (secondary N) is 1. The molecule has 2 aromatic heterocycles. The van der Waals surface area contributed by atoms with Crippen molar-refractivity contribution in [1.29, 1.82) is 0 Å². The summed E-state index contributed by atoms with van der Waals surface area (Å²) in [4.78, 5) is 16.4. The Labute approximate surface area is 182 Å². The molecule has 0 saturated carbocycles. The second-order valence-corrected chi connectivity index (χ2v) is 8.07. The average molecular weight is 437 g/mol. The second-order valence-electron chi connectivity index (χ2n) is 7.06. The number of aryl methyl sites for hydroxylation is 1. The summed E-state index contributed by atoms with van der Waals surface area (Å²) in [6, 6.07) is 14.2. The second kappa shape index (κ2) is 8.77. The van der Waals surface area contributed by atoms with E-state index >= 15 is 0 Å². The number of fused-ring (bicyclic) bond motifs is 1. The van der Waals surface area contributed by atoms with Gasteiger partial charge in [-0.15, -0.1) is 5.10 Å². The van der Waals surface area contributed by atoms with Crippen LogP contribution in [0.5, 0.6) is 0 Å². The molecule has 0 amide bonds. The maximum absolute atomic E-state index is 13.3. The summed E-state index contributed by atoms with van der Waals surface area (Å²) in [5.74, 6) is -0.607. The Hall–Kier alpha value is -3.39. The van der Waals surface area contributed by atoms with Crippen molar-refractivity contribution in [2.45, 2.75) is 32.0 Å². The molecule has 6 nitrogen and oxygen atoms in total. The quantitative estimate of drug-likeness (QED) is 0.313. The minimum atomic E-state index is -1.04. The van der Waals surface area contributed by atoms with E-state index in [-0.39, 0.29) is 10.7 Å². The molecule has 4 aromatic rings. The minimum Gasteiger partial charge on any atom is -0.477 e. The zero-order valence-electron chi connectivity index (χ0n) is 17.1. The summed E-state index contributed by atoms with van der Waals surface area (Å²) in [6.07, 6.45) is 2.36. The fraction of sp³-hybridized carbons (Fsp3) is 0.174. The van der Waals surface area contributed by atoms with Crippen LogP contribution in [0.2, 0.25) is 0 Å². The van der Waals surface area contributed by atoms with Crippen molar-refractivity contribution in [3.8, 4) is 0 Å². The maximum atomic E-state index is 13.3. The molecule has 2 N–H and O–H groups in total. The van der Waals surface area contributed by atoms with E-state index in [1.165, 1.54) is 12.1 Å². The van der Waals surface area contributed by atoms with Crippen molar-refractivity contribution in [3.05, 3.63) is 81.9 Å². The van der Waals surface area contributed by atoms with Gasteiger partial charge in [0.25, 0.3) is 0 Å². The molecule has 31 heavy (non-hydrogen) atoms. The Kier molecular flexibility index (Phi) is 5.90. The highest BCUT2D eigenvalue weighted by Gasteiger charge is 2.18. The SMILES string of the molecule is CCc1nc(S/C(=C\c2c(C)n(Cc3ccc(F)cc3)c3ccccc23)C(=O)O)n[nH]1. The van der Waals surface area contributed by atoms with Crippen LogP contribution in [0.1, 0.15) is 29.6 Å². The van der Waals surface area contributed by atoms with Gasteiger partial charge in [-0.1, -0.05) is 37.3 Å². The molecule has 0 atom stereocenters. The van der Waals surface area contributed by atoms with Crippen LogP contribution in [0, 0.1) is 12.7 Å². The predicted molar refractivity (Wildman–Crippen MR) is 119 cm³/mol. The molecular weight excluding hydrogens is 415 g/mol. The number of carboxylic acids is 1. The smallest absolute Gasteiger partial charge is 0.342 e. The van der Waals surface area contributed by atoms with Crippen LogP contribution in [-0.4, -0.2) is 30.8 Å².